The molecule has 1 aliphatic rings. The van der Waals surface area contributed by atoms with Crippen LogP contribution in [0, 0.1) is 0 Å². The lowest BCUT2D eigenvalue weighted by atomic mass is 9.89. The highest BCUT2D eigenvalue weighted by molar-refractivity contribution is 5.47. The van der Waals surface area contributed by atoms with E-state index in [4.69, 9.17) is 18.9 Å². The molecule has 0 N–H and O–H groups in total. The largest absolute Gasteiger partial charge is 0.497 e. The summed E-state index contributed by atoms with van der Waals surface area (Å²) in [6.45, 7) is 0.641. The highest BCUT2D eigenvalue weighted by atomic mass is 16.5. The topological polar surface area (TPSA) is 36.9 Å². The Kier molecular flexibility index (Phi) is 4.09. The number of hydrogen-bond donors (Lipinski definition) is 0. The van der Waals surface area contributed by atoms with Crippen molar-refractivity contribution in [2.75, 3.05) is 27.9 Å². The SMILES string of the molecule is COc1ccc2c(c1)CC(c1ccc(OC)cc1OC)CO2. The Hall–Kier alpha value is -2.36. The molecule has 0 amide bonds. The van der Waals surface area contributed by atoms with E-state index in [2.05, 4.69) is 6.07 Å². The Labute approximate surface area is 130 Å². The van der Waals surface area contributed by atoms with E-state index in [1.54, 1.807) is 21.3 Å². The van der Waals surface area contributed by atoms with Crippen molar-refractivity contribution in [2.45, 2.75) is 12.3 Å². The van der Waals surface area contributed by atoms with Gasteiger partial charge in [-0.25, -0.2) is 0 Å². The molecule has 0 fully saturated rings. The van der Waals surface area contributed by atoms with Crippen molar-refractivity contribution in [3.8, 4) is 23.0 Å². The van der Waals surface area contributed by atoms with Gasteiger partial charge in [0.05, 0.1) is 27.9 Å². The van der Waals surface area contributed by atoms with E-state index in [-0.39, 0.29) is 5.92 Å². The molecule has 1 heterocycles. The minimum atomic E-state index is 0.250. The van der Waals surface area contributed by atoms with Gasteiger partial charge < -0.3 is 18.9 Å². The molecule has 2 aromatic rings. The van der Waals surface area contributed by atoms with Crippen molar-refractivity contribution in [3.05, 3.63) is 47.5 Å². The van der Waals surface area contributed by atoms with Crippen LogP contribution < -0.4 is 18.9 Å². The molecule has 0 saturated heterocycles. The zero-order valence-electron chi connectivity index (χ0n) is 13.1. The van der Waals surface area contributed by atoms with E-state index >= 15 is 0 Å². The van der Waals surface area contributed by atoms with Crippen molar-refractivity contribution in [3.63, 3.8) is 0 Å². The van der Waals surface area contributed by atoms with Gasteiger partial charge in [-0.1, -0.05) is 6.07 Å². The van der Waals surface area contributed by atoms with Crippen LogP contribution in [0.4, 0.5) is 0 Å². The molecule has 2 aromatic carbocycles. The predicted molar refractivity (Wildman–Crippen MR) is 84.5 cm³/mol. The smallest absolute Gasteiger partial charge is 0.126 e. The second-order valence-electron chi connectivity index (χ2n) is 5.29. The Morgan fingerprint density at radius 2 is 1.64 bits per heavy atom. The fraction of sp³-hybridized carbons (Fsp3) is 0.333. The first-order valence-corrected chi connectivity index (χ1v) is 7.26. The standard InChI is InChI=1S/C18H20O4/c1-19-14-5-7-17-12(9-14)8-13(11-22-17)16-6-4-15(20-2)10-18(16)21-3/h4-7,9-10,13H,8,11H2,1-3H3. The second kappa shape index (κ2) is 6.18. The molecule has 4 heteroatoms. The van der Waals surface area contributed by atoms with Crippen LogP contribution in [-0.2, 0) is 6.42 Å². The number of benzene rings is 2. The van der Waals surface area contributed by atoms with Crippen LogP contribution in [0.25, 0.3) is 0 Å². The Morgan fingerprint density at radius 3 is 2.36 bits per heavy atom. The molecule has 0 aliphatic carbocycles. The third-order valence-electron chi connectivity index (χ3n) is 4.05. The van der Waals surface area contributed by atoms with E-state index in [1.807, 2.05) is 30.3 Å². The summed E-state index contributed by atoms with van der Waals surface area (Å²) in [7, 11) is 5.01. The van der Waals surface area contributed by atoms with Crippen LogP contribution in [0.2, 0.25) is 0 Å². The van der Waals surface area contributed by atoms with Gasteiger partial charge in [-0.3, -0.25) is 0 Å². The third-order valence-corrected chi connectivity index (χ3v) is 4.05. The maximum absolute atomic E-state index is 5.90. The highest BCUT2D eigenvalue weighted by Gasteiger charge is 2.24. The van der Waals surface area contributed by atoms with Gasteiger partial charge in [0.1, 0.15) is 23.0 Å². The lowest BCUT2D eigenvalue weighted by Crippen LogP contribution is -2.19. The number of methoxy groups -OCH3 is 3. The zero-order valence-corrected chi connectivity index (χ0v) is 13.1. The molecule has 0 radical (unpaired) electrons. The molecule has 4 nitrogen and oxygen atoms in total. The van der Waals surface area contributed by atoms with Crippen molar-refractivity contribution in [2.24, 2.45) is 0 Å². The van der Waals surface area contributed by atoms with Gasteiger partial charge in [0.25, 0.3) is 0 Å². The van der Waals surface area contributed by atoms with Crippen molar-refractivity contribution in [1.82, 2.24) is 0 Å². The van der Waals surface area contributed by atoms with Crippen LogP contribution >= 0.6 is 0 Å². The van der Waals surface area contributed by atoms with Crippen molar-refractivity contribution < 1.29 is 18.9 Å². The van der Waals surface area contributed by atoms with Crippen molar-refractivity contribution >= 4 is 0 Å². The zero-order chi connectivity index (χ0) is 15.5. The van der Waals surface area contributed by atoms with Gasteiger partial charge in [0.15, 0.2) is 0 Å². The fourth-order valence-electron chi connectivity index (χ4n) is 2.85. The van der Waals surface area contributed by atoms with E-state index in [1.165, 1.54) is 0 Å². The molecule has 3 rings (SSSR count). The Balaban J connectivity index is 1.90. The van der Waals surface area contributed by atoms with Gasteiger partial charge in [-0.05, 0) is 36.2 Å². The Bertz CT molecular complexity index is 666. The van der Waals surface area contributed by atoms with Crippen molar-refractivity contribution in [1.29, 1.82) is 0 Å². The first-order chi connectivity index (χ1) is 10.7. The second-order valence-corrected chi connectivity index (χ2v) is 5.29. The van der Waals surface area contributed by atoms with Gasteiger partial charge in [-0.15, -0.1) is 0 Å². The molecular formula is C18H20O4. The highest BCUT2D eigenvalue weighted by Crippen LogP contribution is 2.38. The lowest BCUT2D eigenvalue weighted by molar-refractivity contribution is 0.258. The van der Waals surface area contributed by atoms with Gasteiger partial charge in [0, 0.05) is 17.5 Å². The third kappa shape index (κ3) is 2.69. The molecule has 1 aliphatic heterocycles. The minimum absolute atomic E-state index is 0.250. The normalized spacial score (nSPS) is 16.4. The minimum Gasteiger partial charge on any atom is -0.497 e. The average Bonchev–Trinajstić information content (AvgIpc) is 2.60. The van der Waals surface area contributed by atoms with E-state index in [0.717, 1.165) is 40.5 Å². The molecule has 0 bridgehead atoms. The van der Waals surface area contributed by atoms with Crippen LogP contribution in [0.1, 0.15) is 17.0 Å². The molecule has 22 heavy (non-hydrogen) atoms. The molecule has 116 valence electrons. The maximum atomic E-state index is 5.90. The summed E-state index contributed by atoms with van der Waals surface area (Å²) in [6, 6.07) is 11.9. The van der Waals surface area contributed by atoms with Gasteiger partial charge >= 0.3 is 0 Å². The van der Waals surface area contributed by atoms with Crippen LogP contribution in [-0.4, -0.2) is 27.9 Å². The number of ether oxygens (including phenoxy) is 4. The summed E-state index contributed by atoms with van der Waals surface area (Å²) < 4.78 is 22.0. The molecule has 1 unspecified atom stereocenters. The van der Waals surface area contributed by atoms with Gasteiger partial charge in [-0.2, -0.15) is 0 Å². The molecular weight excluding hydrogens is 280 g/mol. The van der Waals surface area contributed by atoms with E-state index in [9.17, 15) is 0 Å². The monoisotopic (exact) mass is 300 g/mol. The number of fused-ring (bicyclic) bond motifs is 1. The molecule has 1 atom stereocenters. The summed E-state index contributed by atoms with van der Waals surface area (Å²) in [5.41, 5.74) is 2.30. The molecule has 0 saturated carbocycles. The quantitative estimate of drug-likeness (QED) is 0.867. The summed E-state index contributed by atoms with van der Waals surface area (Å²) >= 11 is 0. The fourth-order valence-corrected chi connectivity index (χ4v) is 2.85. The van der Waals surface area contributed by atoms with Crippen LogP contribution in [0.15, 0.2) is 36.4 Å². The lowest BCUT2D eigenvalue weighted by Gasteiger charge is -2.27. The molecule has 0 aromatic heterocycles. The van der Waals surface area contributed by atoms with Crippen LogP contribution in [0.5, 0.6) is 23.0 Å². The first kappa shape index (κ1) is 14.6. The first-order valence-electron chi connectivity index (χ1n) is 7.26. The number of hydrogen-bond acceptors (Lipinski definition) is 4. The van der Waals surface area contributed by atoms with E-state index in [0.29, 0.717) is 6.61 Å². The summed E-state index contributed by atoms with van der Waals surface area (Å²) in [4.78, 5) is 0. The maximum Gasteiger partial charge on any atom is 0.126 e. The summed E-state index contributed by atoms with van der Waals surface area (Å²) in [6.07, 6.45) is 0.898. The number of rotatable bonds is 4. The van der Waals surface area contributed by atoms with Crippen LogP contribution in [0.3, 0.4) is 0 Å². The summed E-state index contributed by atoms with van der Waals surface area (Å²) in [5, 5.41) is 0. The Morgan fingerprint density at radius 1 is 0.909 bits per heavy atom. The van der Waals surface area contributed by atoms with E-state index < -0.39 is 0 Å². The average molecular weight is 300 g/mol. The predicted octanol–water partition coefficient (Wildman–Crippen LogP) is 3.43. The summed E-state index contributed by atoms with van der Waals surface area (Å²) in [5.74, 6) is 3.66. The molecule has 0 spiro atoms. The van der Waals surface area contributed by atoms with Gasteiger partial charge in [0.2, 0.25) is 0 Å².